The van der Waals surface area contributed by atoms with Crippen molar-refractivity contribution in [2.75, 3.05) is 12.3 Å². The number of nitrogens with zero attached hydrogens (tertiary/aromatic N) is 1. The zero-order valence-corrected chi connectivity index (χ0v) is 8.16. The molecule has 0 spiro atoms. The van der Waals surface area contributed by atoms with Gasteiger partial charge in [-0.3, -0.25) is 9.46 Å². The number of rotatable bonds is 1. The number of carbonyl (C=O) groups excluding carboxylic acids is 1. The second kappa shape index (κ2) is 3.41. The van der Waals surface area contributed by atoms with Gasteiger partial charge in [-0.2, -0.15) is 0 Å². The van der Waals surface area contributed by atoms with Crippen molar-refractivity contribution in [2.24, 2.45) is 0 Å². The normalized spacial score (nSPS) is 20.5. The summed E-state index contributed by atoms with van der Waals surface area (Å²) in [4.78, 5) is 28.9. The first kappa shape index (κ1) is 9.48. The van der Waals surface area contributed by atoms with Crippen molar-refractivity contribution in [2.45, 2.75) is 6.42 Å². The minimum Gasteiger partial charge on any atom is -0.329 e. The summed E-state index contributed by atoms with van der Waals surface area (Å²) in [6.45, 7) is -3.13. The average Bonchev–Trinajstić information content (AvgIpc) is 1.86. The van der Waals surface area contributed by atoms with Gasteiger partial charge in [-0.25, -0.2) is 0 Å². The maximum Gasteiger partial charge on any atom is 0.288 e. The highest BCUT2D eigenvalue weighted by atomic mass is 32.5. The Balaban J connectivity index is 2.70. The third-order valence-electron chi connectivity index (χ3n) is 1.27. The molecule has 0 atom stereocenters. The molecule has 0 saturated carbocycles. The Morgan fingerprint density at radius 3 is 2.64 bits per heavy atom. The summed E-state index contributed by atoms with van der Waals surface area (Å²) < 4.78 is 0.983. The summed E-state index contributed by atoms with van der Waals surface area (Å²) >= 11 is 5.48. The van der Waals surface area contributed by atoms with Crippen LogP contribution in [0.2, 0.25) is 0 Å². The molecule has 11 heavy (non-hydrogen) atoms. The van der Waals surface area contributed by atoms with Crippen LogP contribution in [0.3, 0.4) is 0 Å². The third-order valence-corrected chi connectivity index (χ3v) is 3.96. The smallest absolute Gasteiger partial charge is 0.288 e. The van der Waals surface area contributed by atoms with E-state index < -0.39 is 6.64 Å². The largest absolute Gasteiger partial charge is 0.329 e. The summed E-state index contributed by atoms with van der Waals surface area (Å²) in [5, 5.41) is -0.315. The van der Waals surface area contributed by atoms with Gasteiger partial charge in [0.25, 0.3) is 11.9 Å². The maximum absolute atomic E-state index is 11.0. The Morgan fingerprint density at radius 1 is 1.64 bits per heavy atom. The van der Waals surface area contributed by atoms with E-state index in [2.05, 4.69) is 11.8 Å². The molecule has 0 aromatic rings. The highest BCUT2D eigenvalue weighted by molar-refractivity contribution is 8.15. The first-order valence-electron chi connectivity index (χ1n) is 3.02. The van der Waals surface area contributed by atoms with Crippen LogP contribution < -0.4 is 0 Å². The average molecular weight is 213 g/mol. The minimum atomic E-state index is -3.50. The zero-order valence-electron chi connectivity index (χ0n) is 5.63. The minimum absolute atomic E-state index is 0.315. The monoisotopic (exact) mass is 213 g/mol. The summed E-state index contributed by atoms with van der Waals surface area (Å²) in [5.74, 6) is 0.741. The van der Waals surface area contributed by atoms with E-state index in [4.69, 9.17) is 9.79 Å². The fourth-order valence-corrected chi connectivity index (χ4v) is 3.22. The van der Waals surface area contributed by atoms with Crippen LogP contribution >= 0.6 is 18.4 Å². The lowest BCUT2D eigenvalue weighted by molar-refractivity contribution is 0.239. The fourth-order valence-electron chi connectivity index (χ4n) is 0.776. The van der Waals surface area contributed by atoms with Gasteiger partial charge in [0, 0.05) is 12.3 Å². The van der Waals surface area contributed by atoms with E-state index >= 15 is 0 Å². The van der Waals surface area contributed by atoms with Gasteiger partial charge in [0.05, 0.1) is 0 Å². The van der Waals surface area contributed by atoms with E-state index in [1.807, 2.05) is 0 Å². The topological polar surface area (TPSA) is 60.8 Å². The Hall–Kier alpha value is 0.390. The molecule has 1 heterocycles. The van der Waals surface area contributed by atoms with Crippen molar-refractivity contribution in [1.29, 1.82) is 0 Å². The number of thioether (sulfide) groups is 1. The van der Waals surface area contributed by atoms with Crippen molar-refractivity contribution in [3.63, 3.8) is 0 Å². The lowest BCUT2D eigenvalue weighted by Gasteiger charge is -2.28. The molecular weight excluding hydrogens is 205 g/mol. The van der Waals surface area contributed by atoms with E-state index in [1.54, 1.807) is 0 Å². The molecule has 1 aliphatic rings. The predicted molar refractivity (Wildman–Crippen MR) is 47.9 cm³/mol. The van der Waals surface area contributed by atoms with Crippen LogP contribution in [-0.2, 0) is 11.8 Å². The highest BCUT2D eigenvalue weighted by Gasteiger charge is 2.28. The lowest BCUT2D eigenvalue weighted by atomic mass is 10.5. The molecule has 0 aromatic heterocycles. The third kappa shape index (κ3) is 2.42. The van der Waals surface area contributed by atoms with Gasteiger partial charge in [0.15, 0.2) is 0 Å². The molecule has 1 aliphatic heterocycles. The Bertz CT molecular complexity index is 215. The second-order valence-electron chi connectivity index (χ2n) is 2.10. The molecule has 1 fully saturated rings. The van der Waals surface area contributed by atoms with Crippen molar-refractivity contribution in [3.05, 3.63) is 0 Å². The lowest BCUT2D eigenvalue weighted by Crippen LogP contribution is -2.29. The highest BCUT2D eigenvalue weighted by Crippen LogP contribution is 2.44. The molecule has 1 amide bonds. The van der Waals surface area contributed by atoms with Gasteiger partial charge >= 0.3 is 0 Å². The van der Waals surface area contributed by atoms with Crippen LogP contribution in [0.25, 0.3) is 0 Å². The number of carbonyl (C=O) groups is 1. The summed E-state index contributed by atoms with van der Waals surface area (Å²) in [6, 6.07) is 0. The van der Waals surface area contributed by atoms with Crippen LogP contribution in [0.15, 0.2) is 0 Å². The standard InChI is InChI=1S/C4H8NO3PS2/c6-4-5(9(7,8)10)2-1-3-11-4/h1-3H2,(H2,7,8,10). The van der Waals surface area contributed by atoms with Gasteiger partial charge in [0.1, 0.15) is 0 Å². The number of amides is 1. The molecule has 7 heteroatoms. The molecule has 0 unspecified atom stereocenters. The number of hydrogen-bond donors (Lipinski definition) is 2. The van der Waals surface area contributed by atoms with Crippen molar-refractivity contribution < 1.29 is 14.6 Å². The van der Waals surface area contributed by atoms with Gasteiger partial charge in [0.2, 0.25) is 0 Å². The van der Waals surface area contributed by atoms with Crippen LogP contribution in [0.4, 0.5) is 4.79 Å². The van der Waals surface area contributed by atoms with Crippen molar-refractivity contribution >= 4 is 35.5 Å². The van der Waals surface area contributed by atoms with Crippen molar-refractivity contribution in [3.8, 4) is 0 Å². The Labute approximate surface area is 73.8 Å². The Morgan fingerprint density at radius 2 is 2.27 bits per heavy atom. The zero-order chi connectivity index (χ0) is 8.48. The quantitative estimate of drug-likeness (QED) is 0.629. The van der Waals surface area contributed by atoms with E-state index in [0.29, 0.717) is 6.54 Å². The molecule has 0 bridgehead atoms. The van der Waals surface area contributed by atoms with Gasteiger partial charge < -0.3 is 9.79 Å². The van der Waals surface area contributed by atoms with E-state index in [0.717, 1.165) is 28.6 Å². The van der Waals surface area contributed by atoms with Crippen LogP contribution in [-0.4, -0.2) is 32.0 Å². The molecule has 1 rings (SSSR count). The van der Waals surface area contributed by atoms with E-state index in [1.165, 1.54) is 0 Å². The van der Waals surface area contributed by atoms with Gasteiger partial charge in [-0.1, -0.05) is 11.8 Å². The molecule has 0 aromatic carbocycles. The first-order valence-corrected chi connectivity index (χ1v) is 6.67. The molecule has 2 N–H and O–H groups in total. The molecule has 0 aliphatic carbocycles. The molecular formula is C4H8NO3PS2. The van der Waals surface area contributed by atoms with Gasteiger partial charge in [-0.15, -0.1) is 0 Å². The summed E-state index contributed by atoms with van der Waals surface area (Å²) in [7, 11) is 0. The predicted octanol–water partition coefficient (Wildman–Crippen LogP) is 0.754. The summed E-state index contributed by atoms with van der Waals surface area (Å²) in [5.41, 5.74) is 0. The first-order chi connectivity index (χ1) is 5.02. The second-order valence-corrected chi connectivity index (χ2v) is 6.13. The molecule has 64 valence electrons. The molecule has 4 nitrogen and oxygen atoms in total. The molecule has 0 radical (unpaired) electrons. The van der Waals surface area contributed by atoms with Crippen LogP contribution in [0.5, 0.6) is 0 Å². The maximum atomic E-state index is 11.0. The van der Waals surface area contributed by atoms with Gasteiger partial charge in [-0.05, 0) is 18.2 Å². The van der Waals surface area contributed by atoms with E-state index in [9.17, 15) is 4.79 Å². The van der Waals surface area contributed by atoms with Crippen molar-refractivity contribution in [1.82, 2.24) is 4.67 Å². The van der Waals surface area contributed by atoms with E-state index in [-0.39, 0.29) is 5.24 Å². The van der Waals surface area contributed by atoms with Crippen LogP contribution in [0, 0.1) is 0 Å². The molecule has 1 saturated heterocycles. The SMILES string of the molecule is O=C1SCCCN1P(O)(O)=S. The Kier molecular flexibility index (Phi) is 2.94. The number of hydrogen-bond acceptors (Lipinski definition) is 3. The summed E-state index contributed by atoms with van der Waals surface area (Å²) in [6.07, 6.45) is 0.774. The fraction of sp³-hybridized carbons (Fsp3) is 0.750. The van der Waals surface area contributed by atoms with Crippen LogP contribution in [0.1, 0.15) is 6.42 Å².